The second-order valence-corrected chi connectivity index (χ2v) is 6.66. The highest BCUT2D eigenvalue weighted by atomic mass is 32.2. The Morgan fingerprint density at radius 2 is 2.47 bits per heavy atom. The van der Waals surface area contributed by atoms with Crippen LogP contribution in [0, 0.1) is 11.3 Å². The zero-order valence-corrected chi connectivity index (χ0v) is 11.8. The van der Waals surface area contributed by atoms with Crippen LogP contribution in [0.15, 0.2) is 0 Å². The van der Waals surface area contributed by atoms with Crippen LogP contribution in [0.5, 0.6) is 0 Å². The first-order chi connectivity index (χ1) is 8.97. The van der Waals surface area contributed by atoms with E-state index in [1.165, 1.54) is 6.92 Å². The molecule has 0 aromatic rings. The van der Waals surface area contributed by atoms with E-state index in [4.69, 9.17) is 11.0 Å². The number of nitrogens with zero attached hydrogens (tertiary/aromatic N) is 2. The summed E-state index contributed by atoms with van der Waals surface area (Å²) in [5.74, 6) is 0.540. The molecule has 106 valence electrons. The van der Waals surface area contributed by atoms with E-state index < -0.39 is 12.1 Å². The van der Waals surface area contributed by atoms with Gasteiger partial charge >= 0.3 is 0 Å². The minimum absolute atomic E-state index is 0.148. The Morgan fingerprint density at radius 3 is 3.05 bits per heavy atom. The van der Waals surface area contributed by atoms with Crippen LogP contribution in [0.1, 0.15) is 19.8 Å². The molecule has 4 atom stereocenters. The number of nitrogens with two attached hydrogens (primary N) is 1. The van der Waals surface area contributed by atoms with Crippen molar-refractivity contribution in [3.8, 4) is 6.07 Å². The number of aliphatic hydroxyl groups is 1. The van der Waals surface area contributed by atoms with Crippen molar-refractivity contribution >= 4 is 17.7 Å². The molecule has 0 aromatic heterocycles. The van der Waals surface area contributed by atoms with E-state index in [2.05, 4.69) is 11.4 Å². The molecule has 0 aliphatic carbocycles. The lowest BCUT2D eigenvalue weighted by Crippen LogP contribution is -2.59. The number of likely N-dealkylation sites (tertiary alicyclic amines) is 1. The van der Waals surface area contributed by atoms with Crippen LogP contribution in [0.2, 0.25) is 0 Å². The van der Waals surface area contributed by atoms with E-state index in [1.807, 2.05) is 0 Å². The molecule has 7 heteroatoms. The molecule has 2 rings (SSSR count). The van der Waals surface area contributed by atoms with Crippen LogP contribution in [0.25, 0.3) is 0 Å². The Bertz CT molecular complexity index is 398. The van der Waals surface area contributed by atoms with Crippen molar-refractivity contribution in [1.82, 2.24) is 10.2 Å². The van der Waals surface area contributed by atoms with Gasteiger partial charge in [0.25, 0.3) is 0 Å². The predicted molar refractivity (Wildman–Crippen MR) is 73.2 cm³/mol. The van der Waals surface area contributed by atoms with Gasteiger partial charge in [-0.2, -0.15) is 5.26 Å². The van der Waals surface area contributed by atoms with Crippen LogP contribution in [0.4, 0.5) is 0 Å². The van der Waals surface area contributed by atoms with E-state index in [1.54, 1.807) is 16.7 Å². The van der Waals surface area contributed by atoms with Crippen molar-refractivity contribution in [2.75, 3.05) is 18.8 Å². The van der Waals surface area contributed by atoms with E-state index in [0.29, 0.717) is 13.1 Å². The maximum atomic E-state index is 12.2. The summed E-state index contributed by atoms with van der Waals surface area (Å²) in [6.07, 6.45) is 0.987. The molecular formula is C12H20N4O2S. The molecule has 0 aromatic carbocycles. The number of piperidine rings is 1. The first-order valence-electron chi connectivity index (χ1n) is 6.51. The van der Waals surface area contributed by atoms with Crippen molar-refractivity contribution in [1.29, 1.82) is 5.26 Å². The lowest BCUT2D eigenvalue weighted by atomic mass is 10.0. The van der Waals surface area contributed by atoms with Gasteiger partial charge in [0.1, 0.15) is 12.1 Å². The normalized spacial score (nSPS) is 34.0. The van der Waals surface area contributed by atoms with Gasteiger partial charge in [-0.25, -0.2) is 0 Å². The molecular weight excluding hydrogens is 264 g/mol. The van der Waals surface area contributed by atoms with Crippen molar-refractivity contribution in [2.24, 2.45) is 5.73 Å². The Morgan fingerprint density at radius 1 is 1.74 bits per heavy atom. The van der Waals surface area contributed by atoms with E-state index in [9.17, 15) is 9.90 Å². The first kappa shape index (κ1) is 14.6. The van der Waals surface area contributed by atoms with Crippen LogP contribution in [-0.2, 0) is 4.79 Å². The van der Waals surface area contributed by atoms with Gasteiger partial charge in [0.2, 0.25) is 5.91 Å². The molecule has 19 heavy (non-hydrogen) atoms. The Kier molecular flexibility index (Phi) is 4.36. The highest BCUT2D eigenvalue weighted by molar-refractivity contribution is 8.01. The van der Waals surface area contributed by atoms with Gasteiger partial charge in [-0.1, -0.05) is 0 Å². The van der Waals surface area contributed by atoms with Crippen LogP contribution in [-0.4, -0.2) is 57.8 Å². The van der Waals surface area contributed by atoms with Crippen LogP contribution < -0.4 is 11.1 Å². The number of carbonyl (C=O) groups is 1. The summed E-state index contributed by atoms with van der Waals surface area (Å²) in [5, 5.41) is 21.7. The second-order valence-electron chi connectivity index (χ2n) is 5.26. The van der Waals surface area contributed by atoms with Crippen molar-refractivity contribution in [3.05, 3.63) is 0 Å². The molecule has 2 saturated heterocycles. The molecule has 1 amide bonds. The van der Waals surface area contributed by atoms with Crippen LogP contribution in [0.3, 0.4) is 0 Å². The van der Waals surface area contributed by atoms with Gasteiger partial charge in [-0.05, 0) is 19.8 Å². The van der Waals surface area contributed by atoms with Gasteiger partial charge in [-0.3, -0.25) is 10.1 Å². The maximum Gasteiger partial charge on any atom is 0.242 e. The third-order valence-corrected chi connectivity index (χ3v) is 5.19. The third-order valence-electron chi connectivity index (χ3n) is 3.69. The van der Waals surface area contributed by atoms with Gasteiger partial charge in [-0.15, -0.1) is 11.8 Å². The number of nitrogens with one attached hydrogen (secondary N) is 1. The molecule has 1 unspecified atom stereocenters. The maximum absolute atomic E-state index is 12.2. The second kappa shape index (κ2) is 5.67. The lowest BCUT2D eigenvalue weighted by Gasteiger charge is -2.41. The van der Waals surface area contributed by atoms with Crippen LogP contribution >= 0.6 is 11.8 Å². The summed E-state index contributed by atoms with van der Waals surface area (Å²) in [5.41, 5.74) is 5.71. The highest BCUT2D eigenvalue weighted by Gasteiger charge is 2.44. The predicted octanol–water partition coefficient (Wildman–Crippen LogP) is -0.758. The Balaban J connectivity index is 2.02. The third kappa shape index (κ3) is 3.03. The summed E-state index contributed by atoms with van der Waals surface area (Å²) in [6, 6.07) is 1.21. The Hall–Kier alpha value is -0.810. The van der Waals surface area contributed by atoms with Crippen molar-refractivity contribution in [3.63, 3.8) is 0 Å². The van der Waals surface area contributed by atoms with Crippen molar-refractivity contribution in [2.45, 2.75) is 42.8 Å². The molecule has 6 nitrogen and oxygen atoms in total. The number of hydrogen-bond donors (Lipinski definition) is 3. The number of hydrogen-bond acceptors (Lipinski definition) is 6. The fraction of sp³-hybridized carbons (Fsp3) is 0.833. The number of nitriles is 1. The average Bonchev–Trinajstić information content (AvgIpc) is 2.79. The van der Waals surface area contributed by atoms with E-state index >= 15 is 0 Å². The zero-order chi connectivity index (χ0) is 14.0. The number of aliphatic hydroxyl groups excluding tert-OH is 1. The molecule has 2 aliphatic rings. The SMILES string of the molecule is C[C@@H](O)[C@H](N)C(=O)N1CCCC2(C1)N[C@H](C#N)CS2. The Labute approximate surface area is 117 Å². The quantitative estimate of drug-likeness (QED) is 0.616. The van der Waals surface area contributed by atoms with Crippen molar-refractivity contribution < 1.29 is 9.90 Å². The molecule has 1 spiro atoms. The number of rotatable bonds is 2. The lowest BCUT2D eigenvalue weighted by molar-refractivity contribution is -0.136. The molecule has 0 bridgehead atoms. The number of carbonyl (C=O) groups excluding carboxylic acids is 1. The minimum atomic E-state index is -0.867. The van der Waals surface area contributed by atoms with Gasteiger partial charge in [0.15, 0.2) is 0 Å². The molecule has 2 fully saturated rings. The summed E-state index contributed by atoms with van der Waals surface area (Å²) in [7, 11) is 0. The molecule has 2 heterocycles. The minimum Gasteiger partial charge on any atom is -0.391 e. The standard InChI is InChI=1S/C12H20N4O2S/c1-8(17)10(14)11(18)16-4-2-3-12(7-16)15-9(5-13)6-19-12/h8-10,15,17H,2-4,6-7,14H2,1H3/t8-,9-,10+,12?/m1/s1. The molecule has 0 saturated carbocycles. The average molecular weight is 284 g/mol. The summed E-state index contributed by atoms with van der Waals surface area (Å²) in [4.78, 5) is 13.7. The molecule has 0 radical (unpaired) electrons. The fourth-order valence-corrected chi connectivity index (χ4v) is 3.98. The summed E-state index contributed by atoms with van der Waals surface area (Å²) in [6.45, 7) is 2.74. The number of thioether (sulfide) groups is 1. The fourth-order valence-electron chi connectivity index (χ4n) is 2.58. The molecule has 4 N–H and O–H groups in total. The van der Waals surface area contributed by atoms with E-state index in [-0.39, 0.29) is 16.8 Å². The number of amides is 1. The summed E-state index contributed by atoms with van der Waals surface area (Å²) >= 11 is 1.71. The van der Waals surface area contributed by atoms with Gasteiger partial charge < -0.3 is 15.7 Å². The largest absolute Gasteiger partial charge is 0.391 e. The first-order valence-corrected chi connectivity index (χ1v) is 7.50. The van der Waals surface area contributed by atoms with E-state index in [0.717, 1.165) is 18.6 Å². The van der Waals surface area contributed by atoms with Gasteiger partial charge in [0.05, 0.1) is 17.0 Å². The molecule has 2 aliphatic heterocycles. The summed E-state index contributed by atoms with van der Waals surface area (Å²) < 4.78 is 0. The monoisotopic (exact) mass is 284 g/mol. The highest BCUT2D eigenvalue weighted by Crippen LogP contribution is 2.37. The smallest absolute Gasteiger partial charge is 0.242 e. The van der Waals surface area contributed by atoms with Gasteiger partial charge in [0, 0.05) is 18.8 Å². The topological polar surface area (TPSA) is 102 Å². The zero-order valence-electron chi connectivity index (χ0n) is 11.0.